The van der Waals surface area contributed by atoms with Gasteiger partial charge in [-0.15, -0.1) is 0 Å². The van der Waals surface area contributed by atoms with Crippen molar-refractivity contribution < 1.29 is 13.2 Å². The zero-order valence-corrected chi connectivity index (χ0v) is 18.5. The maximum Gasteiger partial charge on any atom is 0.223 e. The fraction of sp³-hybridized carbons (Fsp3) is 0.381. The molecule has 0 unspecified atom stereocenters. The molecule has 2 aromatic rings. The van der Waals surface area contributed by atoms with Gasteiger partial charge in [0.2, 0.25) is 15.9 Å². The van der Waals surface area contributed by atoms with E-state index in [-0.39, 0.29) is 17.6 Å². The average molecular weight is 455 g/mol. The Morgan fingerprint density at radius 1 is 1.03 bits per heavy atom. The molecular weight excluding hydrogens is 431 g/mol. The molecule has 156 valence electrons. The third-order valence-corrected chi connectivity index (χ3v) is 7.73. The highest BCUT2D eigenvalue weighted by atomic mass is 35.5. The van der Waals surface area contributed by atoms with E-state index in [1.807, 2.05) is 31.2 Å². The number of hydrogen-bond acceptors (Lipinski definition) is 3. The van der Waals surface area contributed by atoms with Gasteiger partial charge in [0.25, 0.3) is 0 Å². The molecule has 0 aliphatic carbocycles. The first kappa shape index (κ1) is 22.1. The summed E-state index contributed by atoms with van der Waals surface area (Å²) in [7, 11) is -3.47. The molecule has 0 radical (unpaired) electrons. The minimum Gasteiger partial charge on any atom is -0.352 e. The van der Waals surface area contributed by atoms with Gasteiger partial charge in [0, 0.05) is 25.6 Å². The van der Waals surface area contributed by atoms with Gasteiger partial charge in [-0.25, -0.2) is 12.7 Å². The van der Waals surface area contributed by atoms with Gasteiger partial charge in [0.05, 0.1) is 15.8 Å². The fourth-order valence-electron chi connectivity index (χ4n) is 3.37. The second kappa shape index (κ2) is 9.47. The Hall–Kier alpha value is -1.60. The summed E-state index contributed by atoms with van der Waals surface area (Å²) >= 11 is 11.9. The Morgan fingerprint density at radius 2 is 1.66 bits per heavy atom. The van der Waals surface area contributed by atoms with Crippen LogP contribution in [0.5, 0.6) is 0 Å². The molecule has 2 aromatic carbocycles. The van der Waals surface area contributed by atoms with Crippen LogP contribution in [0.1, 0.15) is 29.5 Å². The molecule has 1 N–H and O–H groups in total. The van der Waals surface area contributed by atoms with Crippen LogP contribution in [-0.4, -0.2) is 31.7 Å². The van der Waals surface area contributed by atoms with E-state index >= 15 is 0 Å². The molecule has 0 saturated carbocycles. The first-order chi connectivity index (χ1) is 13.7. The first-order valence-electron chi connectivity index (χ1n) is 9.49. The zero-order chi connectivity index (χ0) is 21.0. The number of halogens is 2. The van der Waals surface area contributed by atoms with Crippen LogP contribution < -0.4 is 5.32 Å². The molecule has 29 heavy (non-hydrogen) atoms. The van der Waals surface area contributed by atoms with Crippen LogP contribution in [0.15, 0.2) is 42.5 Å². The third kappa shape index (κ3) is 5.95. The van der Waals surface area contributed by atoms with E-state index in [0.717, 1.165) is 5.56 Å². The summed E-state index contributed by atoms with van der Waals surface area (Å²) < 4.78 is 26.9. The number of carbonyl (C=O) groups is 1. The van der Waals surface area contributed by atoms with Gasteiger partial charge in [-0.1, -0.05) is 59.1 Å². The number of rotatable bonds is 6. The van der Waals surface area contributed by atoms with Crippen LogP contribution in [0.4, 0.5) is 0 Å². The molecule has 1 aliphatic rings. The van der Waals surface area contributed by atoms with Gasteiger partial charge in [-0.2, -0.15) is 0 Å². The van der Waals surface area contributed by atoms with Crippen molar-refractivity contribution in [3.05, 3.63) is 69.2 Å². The summed E-state index contributed by atoms with van der Waals surface area (Å²) in [5, 5.41) is 3.69. The number of sulfonamides is 1. The van der Waals surface area contributed by atoms with Crippen molar-refractivity contribution in [1.82, 2.24) is 9.62 Å². The predicted octanol–water partition coefficient (Wildman–Crippen LogP) is 4.16. The Kier molecular flexibility index (Phi) is 7.22. The Morgan fingerprint density at radius 3 is 2.28 bits per heavy atom. The van der Waals surface area contributed by atoms with Gasteiger partial charge in [-0.3, -0.25) is 4.79 Å². The highest BCUT2D eigenvalue weighted by molar-refractivity contribution is 7.88. The van der Waals surface area contributed by atoms with Gasteiger partial charge >= 0.3 is 0 Å². The van der Waals surface area contributed by atoms with Crippen molar-refractivity contribution in [3.63, 3.8) is 0 Å². The molecule has 0 spiro atoms. The summed E-state index contributed by atoms with van der Waals surface area (Å²) in [6.07, 6.45) is 1.03. The highest BCUT2D eigenvalue weighted by Gasteiger charge is 2.31. The third-order valence-electron chi connectivity index (χ3n) is 5.14. The van der Waals surface area contributed by atoms with Crippen LogP contribution in [0.2, 0.25) is 10.0 Å². The minimum absolute atomic E-state index is 0.0212. The van der Waals surface area contributed by atoms with Gasteiger partial charge in [0.15, 0.2) is 0 Å². The largest absolute Gasteiger partial charge is 0.352 e. The summed E-state index contributed by atoms with van der Waals surface area (Å²) in [6.45, 7) is 3.18. The van der Waals surface area contributed by atoms with E-state index in [4.69, 9.17) is 23.2 Å². The lowest BCUT2D eigenvalue weighted by molar-refractivity contribution is -0.126. The number of aryl methyl sites for hydroxylation is 1. The number of nitrogens with zero attached hydrogens (tertiary/aromatic N) is 1. The number of benzene rings is 2. The second-order valence-electron chi connectivity index (χ2n) is 7.38. The van der Waals surface area contributed by atoms with E-state index in [0.29, 0.717) is 48.1 Å². The van der Waals surface area contributed by atoms with Gasteiger partial charge in [-0.05, 0) is 43.0 Å². The van der Waals surface area contributed by atoms with Crippen LogP contribution >= 0.6 is 23.2 Å². The van der Waals surface area contributed by atoms with E-state index < -0.39 is 10.0 Å². The topological polar surface area (TPSA) is 66.5 Å². The van der Waals surface area contributed by atoms with Crippen LogP contribution in [0.3, 0.4) is 0 Å². The summed E-state index contributed by atoms with van der Waals surface area (Å²) in [6, 6.07) is 12.8. The van der Waals surface area contributed by atoms with Crippen molar-refractivity contribution in [1.29, 1.82) is 0 Å². The Bertz CT molecular complexity index is 970. The van der Waals surface area contributed by atoms with Crippen LogP contribution in [-0.2, 0) is 27.1 Å². The smallest absolute Gasteiger partial charge is 0.223 e. The van der Waals surface area contributed by atoms with E-state index in [9.17, 15) is 13.2 Å². The van der Waals surface area contributed by atoms with E-state index in [1.165, 1.54) is 9.87 Å². The maximum absolute atomic E-state index is 12.7. The number of amides is 1. The minimum atomic E-state index is -3.47. The van der Waals surface area contributed by atoms with Crippen molar-refractivity contribution in [3.8, 4) is 0 Å². The lowest BCUT2D eigenvalue weighted by Gasteiger charge is -2.30. The molecular formula is C21H24Cl2N2O3S. The molecule has 3 rings (SSSR count). The van der Waals surface area contributed by atoms with E-state index in [2.05, 4.69) is 5.32 Å². The van der Waals surface area contributed by atoms with Gasteiger partial charge < -0.3 is 5.32 Å². The average Bonchev–Trinajstić information content (AvgIpc) is 2.70. The first-order valence-corrected chi connectivity index (χ1v) is 11.9. The second-order valence-corrected chi connectivity index (χ2v) is 10.2. The molecule has 5 nitrogen and oxygen atoms in total. The summed E-state index contributed by atoms with van der Waals surface area (Å²) in [4.78, 5) is 12.4. The number of carbonyl (C=O) groups excluding carboxylic acids is 1. The maximum atomic E-state index is 12.7. The lowest BCUT2D eigenvalue weighted by atomic mass is 9.97. The molecule has 0 aromatic heterocycles. The van der Waals surface area contributed by atoms with Crippen molar-refractivity contribution in [2.24, 2.45) is 5.92 Å². The SMILES string of the molecule is Cc1ccc(CNC(=O)C2CCN(S(=O)(=O)Cc3ccc(Cl)c(Cl)c3)CC2)cc1. The van der Waals surface area contributed by atoms with Gasteiger partial charge in [0.1, 0.15) is 0 Å². The molecule has 0 atom stereocenters. The molecule has 0 bridgehead atoms. The lowest BCUT2D eigenvalue weighted by Crippen LogP contribution is -2.43. The van der Waals surface area contributed by atoms with Crippen LogP contribution in [0, 0.1) is 12.8 Å². The van der Waals surface area contributed by atoms with Crippen molar-refractivity contribution in [2.45, 2.75) is 32.1 Å². The number of nitrogens with one attached hydrogen (secondary N) is 1. The molecule has 8 heteroatoms. The summed E-state index contributed by atoms with van der Waals surface area (Å²) in [5.41, 5.74) is 2.82. The number of piperidine rings is 1. The normalized spacial score (nSPS) is 16.0. The standard InChI is InChI=1S/C21H24Cl2N2O3S/c1-15-2-4-16(5-3-15)13-24-21(26)18-8-10-25(11-9-18)29(27,28)14-17-6-7-19(22)20(23)12-17/h2-7,12,18H,8-11,13-14H2,1H3,(H,24,26). The molecule has 1 amide bonds. The van der Waals surface area contributed by atoms with Crippen molar-refractivity contribution >= 4 is 39.1 Å². The molecule has 1 heterocycles. The quantitative estimate of drug-likeness (QED) is 0.712. The van der Waals surface area contributed by atoms with Crippen molar-refractivity contribution in [2.75, 3.05) is 13.1 Å². The monoisotopic (exact) mass is 454 g/mol. The van der Waals surface area contributed by atoms with E-state index in [1.54, 1.807) is 18.2 Å². The Balaban J connectivity index is 1.51. The molecule has 1 saturated heterocycles. The predicted molar refractivity (Wildman–Crippen MR) is 116 cm³/mol. The number of hydrogen-bond donors (Lipinski definition) is 1. The molecule has 1 aliphatic heterocycles. The highest BCUT2D eigenvalue weighted by Crippen LogP contribution is 2.26. The van der Waals surface area contributed by atoms with Crippen LogP contribution in [0.25, 0.3) is 0 Å². The summed E-state index contributed by atoms with van der Waals surface area (Å²) in [5.74, 6) is -0.322. The molecule has 1 fully saturated rings. The fourth-order valence-corrected chi connectivity index (χ4v) is 5.24. The zero-order valence-electron chi connectivity index (χ0n) is 16.2. The Labute approximate surface area is 182 Å².